The number of hydrogen-bond donors (Lipinski definition) is 1. The summed E-state index contributed by atoms with van der Waals surface area (Å²) in [6.07, 6.45) is -1.68. The number of hydrogen-bond acceptors (Lipinski definition) is 5. The minimum atomic E-state index is -4.68. The molecule has 1 N–H and O–H groups in total. The van der Waals surface area contributed by atoms with Gasteiger partial charge in [-0.25, -0.2) is 18.8 Å². The van der Waals surface area contributed by atoms with Crippen molar-refractivity contribution in [3.63, 3.8) is 0 Å². The molecule has 3 aromatic carbocycles. The lowest BCUT2D eigenvalue weighted by Crippen LogP contribution is -3.00. The molecule has 1 aliphatic rings. The molecule has 1 fully saturated rings. The number of nitrogens with one attached hydrogen (secondary N) is 1. The van der Waals surface area contributed by atoms with Crippen molar-refractivity contribution in [2.75, 3.05) is 27.2 Å². The van der Waals surface area contributed by atoms with E-state index in [0.29, 0.717) is 30.4 Å². The molecule has 11 nitrogen and oxygen atoms in total. The predicted molar refractivity (Wildman–Crippen MR) is 192 cm³/mol. The highest BCUT2D eigenvalue weighted by atomic mass is 79.9. The molecule has 3 heterocycles. The van der Waals surface area contributed by atoms with Crippen LogP contribution in [0.25, 0.3) is 22.8 Å². The molecule has 54 heavy (non-hydrogen) atoms. The minimum Gasteiger partial charge on any atom is -1.00 e. The molecule has 0 bridgehead atoms. The number of carbonyl (C=O) groups excluding carboxylic acids is 2. The fourth-order valence-electron chi connectivity index (χ4n) is 7.14. The lowest BCUT2D eigenvalue weighted by Gasteiger charge is -2.43. The van der Waals surface area contributed by atoms with E-state index in [4.69, 9.17) is 0 Å². The molecule has 1 atom stereocenters. The summed E-state index contributed by atoms with van der Waals surface area (Å²) in [6, 6.07) is 23.0. The van der Waals surface area contributed by atoms with E-state index in [1.54, 1.807) is 42.2 Å². The van der Waals surface area contributed by atoms with E-state index in [0.717, 1.165) is 45.1 Å². The number of halogens is 4. The van der Waals surface area contributed by atoms with Crippen molar-refractivity contribution >= 4 is 11.9 Å². The van der Waals surface area contributed by atoms with Gasteiger partial charge in [0, 0.05) is 31.5 Å². The first-order chi connectivity index (χ1) is 25.2. The first kappa shape index (κ1) is 39.7. The first-order valence-electron chi connectivity index (χ1n) is 17.2. The van der Waals surface area contributed by atoms with Crippen LogP contribution in [0.4, 0.5) is 18.0 Å². The van der Waals surface area contributed by atoms with Crippen molar-refractivity contribution in [1.82, 2.24) is 29.1 Å². The van der Waals surface area contributed by atoms with Crippen molar-refractivity contribution in [1.29, 1.82) is 5.26 Å². The molecule has 0 radical (unpaired) electrons. The summed E-state index contributed by atoms with van der Waals surface area (Å²) in [5.74, 6) is -0.309. The number of amides is 2. The van der Waals surface area contributed by atoms with Crippen LogP contribution in [-0.2, 0) is 17.5 Å². The third-order valence-corrected chi connectivity index (χ3v) is 9.95. The van der Waals surface area contributed by atoms with Crippen LogP contribution in [0.5, 0.6) is 0 Å². The molecule has 6 rings (SSSR count). The molecule has 0 unspecified atom stereocenters. The van der Waals surface area contributed by atoms with Crippen LogP contribution in [0.2, 0.25) is 0 Å². The maximum Gasteiger partial charge on any atom is 0.416 e. The molecular formula is C39H40BrF3N8O3. The van der Waals surface area contributed by atoms with Crippen LogP contribution in [0.15, 0.2) is 95.9 Å². The number of piperidine rings is 1. The van der Waals surface area contributed by atoms with Crippen LogP contribution in [-0.4, -0.2) is 79.5 Å². The zero-order valence-corrected chi connectivity index (χ0v) is 31.8. The van der Waals surface area contributed by atoms with Gasteiger partial charge in [0.25, 0.3) is 0 Å². The Kier molecular flexibility index (Phi) is 11.7. The van der Waals surface area contributed by atoms with E-state index in [-0.39, 0.29) is 45.7 Å². The second-order valence-corrected chi connectivity index (χ2v) is 13.9. The highest BCUT2D eigenvalue weighted by Crippen LogP contribution is 2.32. The van der Waals surface area contributed by atoms with Gasteiger partial charge in [-0.05, 0) is 62.4 Å². The topological polar surface area (TPSA) is 118 Å². The van der Waals surface area contributed by atoms with Gasteiger partial charge in [-0.1, -0.05) is 36.4 Å². The molecule has 0 saturated carbocycles. The number of alkyl halides is 3. The molecule has 2 amide bonds. The summed E-state index contributed by atoms with van der Waals surface area (Å²) in [7, 11) is 4.38. The molecule has 1 saturated heterocycles. The third-order valence-electron chi connectivity index (χ3n) is 9.95. The fraction of sp³-hybridized carbons (Fsp3) is 0.308. The second-order valence-electron chi connectivity index (χ2n) is 13.9. The molecule has 0 spiro atoms. The zero-order valence-electron chi connectivity index (χ0n) is 30.2. The fourth-order valence-corrected chi connectivity index (χ4v) is 7.14. The molecule has 2 aromatic heterocycles. The number of likely N-dealkylation sites (tertiary alicyclic amines) is 1. The van der Waals surface area contributed by atoms with Crippen molar-refractivity contribution in [3.05, 3.63) is 124 Å². The number of rotatable bonds is 8. The number of quaternary nitrogens is 1. The molecule has 0 aliphatic carbocycles. The van der Waals surface area contributed by atoms with E-state index < -0.39 is 29.5 Å². The summed E-state index contributed by atoms with van der Waals surface area (Å²) < 4.78 is 45.3. The van der Waals surface area contributed by atoms with Crippen LogP contribution in [0, 0.1) is 18.3 Å². The van der Waals surface area contributed by atoms with Crippen LogP contribution in [0.3, 0.4) is 0 Å². The highest BCUT2D eigenvalue weighted by molar-refractivity contribution is 5.89. The summed E-state index contributed by atoms with van der Waals surface area (Å²) in [4.78, 5) is 43.7. The standard InChI is InChI=1S/C39H39F3N8O3.BrH/c1-26(36(51)46-21-18-33(19-22-46)50(3,4)25-29-9-6-5-7-10-29)45-37(52)48-35(34-17-20-44-49(34)31-15-13-28(24-43)14-16-31)27(2)47(38(48)53)32-12-8-11-30(23-32)39(40,41)42;/h5-17,20,23,26,33H,18-19,21-22,25H2,1-4H3;1H/t26-;/m0./s1. The van der Waals surface area contributed by atoms with E-state index in [9.17, 15) is 32.8 Å². The number of imidazole rings is 1. The van der Waals surface area contributed by atoms with Gasteiger partial charge in [0.2, 0.25) is 5.91 Å². The quantitative estimate of drug-likeness (QED) is 0.243. The minimum absolute atomic E-state index is 0. The molecule has 15 heteroatoms. The summed E-state index contributed by atoms with van der Waals surface area (Å²) in [5.41, 5.74) is 0.661. The molecule has 282 valence electrons. The smallest absolute Gasteiger partial charge is 0.416 e. The number of benzene rings is 3. The average Bonchev–Trinajstić information content (AvgIpc) is 3.72. The van der Waals surface area contributed by atoms with Gasteiger partial charge >= 0.3 is 17.9 Å². The number of nitrogens with zero attached hydrogens (tertiary/aromatic N) is 7. The Morgan fingerprint density at radius 2 is 1.65 bits per heavy atom. The van der Waals surface area contributed by atoms with Gasteiger partial charge in [-0.2, -0.15) is 23.5 Å². The van der Waals surface area contributed by atoms with Gasteiger partial charge < -0.3 is 31.7 Å². The van der Waals surface area contributed by atoms with Crippen molar-refractivity contribution < 1.29 is 44.2 Å². The second kappa shape index (κ2) is 15.9. The summed E-state index contributed by atoms with van der Waals surface area (Å²) >= 11 is 0. The Morgan fingerprint density at radius 3 is 2.28 bits per heavy atom. The summed E-state index contributed by atoms with van der Waals surface area (Å²) in [6.45, 7) is 4.92. The lowest BCUT2D eigenvalue weighted by atomic mass is 10.00. The van der Waals surface area contributed by atoms with Crippen molar-refractivity contribution in [2.45, 2.75) is 51.5 Å². The van der Waals surface area contributed by atoms with Gasteiger partial charge in [0.05, 0.1) is 66.3 Å². The first-order valence-corrected chi connectivity index (χ1v) is 17.2. The largest absolute Gasteiger partial charge is 1.00 e. The van der Waals surface area contributed by atoms with Crippen molar-refractivity contribution in [3.8, 4) is 28.8 Å². The zero-order chi connectivity index (χ0) is 38.1. The predicted octanol–water partition coefficient (Wildman–Crippen LogP) is 2.91. The lowest BCUT2D eigenvalue weighted by molar-refractivity contribution is -0.929. The highest BCUT2D eigenvalue weighted by Gasteiger charge is 2.36. The normalized spacial score (nSPS) is 14.2. The average molecular weight is 806 g/mol. The Balaban J connectivity index is 0.00000561. The van der Waals surface area contributed by atoms with Gasteiger partial charge in [0.15, 0.2) is 0 Å². The van der Waals surface area contributed by atoms with E-state index >= 15 is 0 Å². The number of carbonyl (C=O) groups is 2. The maximum atomic E-state index is 14.2. The number of aromatic nitrogens is 4. The Bertz CT molecular complexity index is 2230. The Labute approximate surface area is 321 Å². The van der Waals surface area contributed by atoms with E-state index in [1.165, 1.54) is 35.5 Å². The summed E-state index contributed by atoms with van der Waals surface area (Å²) in [5, 5.41) is 16.3. The molecule has 1 aliphatic heterocycles. The van der Waals surface area contributed by atoms with E-state index in [1.807, 2.05) is 24.3 Å². The van der Waals surface area contributed by atoms with E-state index in [2.05, 4.69) is 36.6 Å². The van der Waals surface area contributed by atoms with Crippen LogP contribution in [0.1, 0.15) is 42.1 Å². The van der Waals surface area contributed by atoms with Crippen LogP contribution >= 0.6 is 0 Å². The third kappa shape index (κ3) is 8.04. The Morgan fingerprint density at radius 1 is 0.981 bits per heavy atom. The van der Waals surface area contributed by atoms with Crippen molar-refractivity contribution in [2.24, 2.45) is 0 Å². The molecular weight excluding hydrogens is 765 g/mol. The SMILES string of the molecule is Cc1c(-c2ccnn2-c2ccc(C#N)cc2)n(C(=O)N[C@@H](C)C(=O)N2CCC([N+](C)(C)Cc3ccccc3)CC2)c(=O)n1-c1cccc(C(F)(F)F)c1.[Br-]. The Hall–Kier alpha value is -5.46. The number of nitriles is 1. The monoisotopic (exact) mass is 804 g/mol. The van der Waals surface area contributed by atoms with Gasteiger partial charge in [-0.3, -0.25) is 9.36 Å². The molecule has 5 aromatic rings. The van der Waals surface area contributed by atoms with Gasteiger partial charge in [-0.15, -0.1) is 0 Å². The maximum absolute atomic E-state index is 14.2. The van der Waals surface area contributed by atoms with Crippen LogP contribution < -0.4 is 28.0 Å². The van der Waals surface area contributed by atoms with Gasteiger partial charge in [0.1, 0.15) is 18.3 Å².